The second-order valence-corrected chi connectivity index (χ2v) is 8.25. The number of sulfonamides is 1. The van der Waals surface area contributed by atoms with Gasteiger partial charge in [0.25, 0.3) is 0 Å². The molecule has 2 N–H and O–H groups in total. The highest BCUT2D eigenvalue weighted by Crippen LogP contribution is 2.25. The topological polar surface area (TPSA) is 50.6 Å². The molecule has 0 bridgehead atoms. The molecular formula is C17H29N2O2S+. The molecule has 1 aromatic rings. The smallest absolute Gasteiger partial charge is 0.241 e. The molecule has 0 unspecified atom stereocenters. The van der Waals surface area contributed by atoms with E-state index in [0.29, 0.717) is 11.4 Å². The van der Waals surface area contributed by atoms with Gasteiger partial charge in [0, 0.05) is 25.8 Å². The average molecular weight is 325 g/mol. The third kappa shape index (κ3) is 3.89. The van der Waals surface area contributed by atoms with Crippen molar-refractivity contribution in [1.82, 2.24) is 4.72 Å². The third-order valence-electron chi connectivity index (χ3n) is 4.88. The lowest BCUT2D eigenvalue weighted by Crippen LogP contribution is -3.10. The van der Waals surface area contributed by atoms with E-state index >= 15 is 0 Å². The average Bonchev–Trinajstić information content (AvgIpc) is 2.95. The van der Waals surface area contributed by atoms with Crippen molar-refractivity contribution in [3.8, 4) is 0 Å². The number of hydrogen-bond donors (Lipinski definition) is 2. The Bertz CT molecular complexity index is 606. The molecule has 5 heteroatoms. The van der Waals surface area contributed by atoms with Gasteiger partial charge in [-0.2, -0.15) is 0 Å². The molecule has 0 aliphatic carbocycles. The highest BCUT2D eigenvalue weighted by molar-refractivity contribution is 7.89. The summed E-state index contributed by atoms with van der Waals surface area (Å²) in [6, 6.07) is 2.06. The zero-order chi connectivity index (χ0) is 16.3. The summed E-state index contributed by atoms with van der Waals surface area (Å²) in [7, 11) is -3.42. The number of nitrogens with one attached hydrogen (secondary N) is 2. The van der Waals surface area contributed by atoms with Crippen LogP contribution in [0.2, 0.25) is 0 Å². The van der Waals surface area contributed by atoms with Crippen molar-refractivity contribution in [1.29, 1.82) is 0 Å². The van der Waals surface area contributed by atoms with Gasteiger partial charge in [0.15, 0.2) is 0 Å². The molecule has 1 aromatic carbocycles. The summed E-state index contributed by atoms with van der Waals surface area (Å²) in [5.41, 5.74) is 3.79. The fourth-order valence-electron chi connectivity index (χ4n) is 3.33. The summed E-state index contributed by atoms with van der Waals surface area (Å²) >= 11 is 0. The van der Waals surface area contributed by atoms with Crippen LogP contribution in [0.15, 0.2) is 11.0 Å². The van der Waals surface area contributed by atoms with Crippen LogP contribution >= 0.6 is 0 Å². The zero-order valence-corrected chi connectivity index (χ0v) is 15.1. The Labute approximate surface area is 135 Å². The first-order valence-corrected chi connectivity index (χ1v) is 9.72. The Morgan fingerprint density at radius 1 is 1.05 bits per heavy atom. The molecule has 0 radical (unpaired) electrons. The summed E-state index contributed by atoms with van der Waals surface area (Å²) in [4.78, 5) is 2.08. The first kappa shape index (κ1) is 17.4. The van der Waals surface area contributed by atoms with Crippen molar-refractivity contribution in [3.63, 3.8) is 0 Å². The Morgan fingerprint density at radius 3 is 2.14 bits per heavy atom. The summed E-state index contributed by atoms with van der Waals surface area (Å²) < 4.78 is 28.1. The van der Waals surface area contributed by atoms with E-state index in [2.05, 4.69) is 10.8 Å². The number of rotatable bonds is 6. The molecule has 1 aliphatic rings. The standard InChI is InChI=1S/C17H28N2O2S/c1-13-12-14(2)16(4)17(15(13)3)22(20,21)18-8-7-11-19-9-5-6-10-19/h12,18H,5-11H2,1-4H3/p+1. The van der Waals surface area contributed by atoms with Gasteiger partial charge in [0.2, 0.25) is 10.0 Å². The summed E-state index contributed by atoms with van der Waals surface area (Å²) in [5.74, 6) is 0. The lowest BCUT2D eigenvalue weighted by Gasteiger charge is -2.17. The van der Waals surface area contributed by atoms with E-state index in [-0.39, 0.29) is 0 Å². The quantitative estimate of drug-likeness (QED) is 0.774. The molecule has 4 nitrogen and oxygen atoms in total. The molecule has 22 heavy (non-hydrogen) atoms. The van der Waals surface area contributed by atoms with E-state index in [4.69, 9.17) is 0 Å². The molecule has 1 fully saturated rings. The molecule has 0 amide bonds. The van der Waals surface area contributed by atoms with Crippen molar-refractivity contribution in [2.45, 2.75) is 51.9 Å². The second kappa shape index (κ2) is 7.11. The summed E-state index contributed by atoms with van der Waals surface area (Å²) in [6.45, 7) is 11.8. The van der Waals surface area contributed by atoms with Gasteiger partial charge < -0.3 is 4.90 Å². The Kier molecular flexibility index (Phi) is 5.64. The van der Waals surface area contributed by atoms with E-state index in [9.17, 15) is 8.42 Å². The second-order valence-electron chi connectivity index (χ2n) is 6.55. The highest BCUT2D eigenvalue weighted by Gasteiger charge is 2.22. The molecule has 2 rings (SSSR count). The Balaban J connectivity index is 2.04. The van der Waals surface area contributed by atoms with Gasteiger partial charge in [-0.1, -0.05) is 6.07 Å². The van der Waals surface area contributed by atoms with E-state index in [1.165, 1.54) is 25.9 Å². The maximum Gasteiger partial charge on any atom is 0.241 e. The van der Waals surface area contributed by atoms with Gasteiger partial charge in [-0.05, 0) is 49.9 Å². The van der Waals surface area contributed by atoms with Gasteiger partial charge in [0.1, 0.15) is 0 Å². The Hall–Kier alpha value is -0.910. The fraction of sp³-hybridized carbons (Fsp3) is 0.647. The van der Waals surface area contributed by atoms with Gasteiger partial charge >= 0.3 is 0 Å². The molecular weight excluding hydrogens is 296 g/mol. The van der Waals surface area contributed by atoms with Crippen LogP contribution < -0.4 is 9.62 Å². The van der Waals surface area contributed by atoms with Crippen LogP contribution in [0.3, 0.4) is 0 Å². The Morgan fingerprint density at radius 2 is 1.59 bits per heavy atom. The van der Waals surface area contributed by atoms with Crippen molar-refractivity contribution in [2.75, 3.05) is 26.2 Å². The van der Waals surface area contributed by atoms with Crippen LogP contribution in [0.4, 0.5) is 0 Å². The lowest BCUT2D eigenvalue weighted by molar-refractivity contribution is -0.887. The molecule has 1 saturated heterocycles. The first-order valence-electron chi connectivity index (χ1n) is 8.23. The van der Waals surface area contributed by atoms with E-state index in [1.54, 1.807) is 4.90 Å². The van der Waals surface area contributed by atoms with Gasteiger partial charge in [0.05, 0.1) is 24.5 Å². The third-order valence-corrected chi connectivity index (χ3v) is 6.61. The number of quaternary nitrogens is 1. The van der Waals surface area contributed by atoms with E-state index in [0.717, 1.165) is 35.2 Å². The predicted octanol–water partition coefficient (Wildman–Crippen LogP) is 1.27. The number of benzene rings is 1. The van der Waals surface area contributed by atoms with Crippen molar-refractivity contribution >= 4 is 10.0 Å². The maximum absolute atomic E-state index is 12.7. The van der Waals surface area contributed by atoms with Crippen LogP contribution in [0, 0.1) is 27.7 Å². The minimum Gasteiger partial charge on any atom is -0.335 e. The molecule has 0 spiro atoms. The predicted molar refractivity (Wildman–Crippen MR) is 90.0 cm³/mol. The lowest BCUT2D eigenvalue weighted by atomic mass is 10.0. The normalized spacial score (nSPS) is 16.4. The minimum absolute atomic E-state index is 0.471. The number of aryl methyl sites for hydroxylation is 2. The van der Waals surface area contributed by atoms with Crippen LogP contribution in [0.1, 0.15) is 41.5 Å². The van der Waals surface area contributed by atoms with E-state index < -0.39 is 10.0 Å². The zero-order valence-electron chi connectivity index (χ0n) is 14.3. The summed E-state index contributed by atoms with van der Waals surface area (Å²) in [6.07, 6.45) is 3.52. The van der Waals surface area contributed by atoms with Gasteiger partial charge in [-0.15, -0.1) is 0 Å². The van der Waals surface area contributed by atoms with Gasteiger partial charge in [-0.25, -0.2) is 13.1 Å². The fourth-order valence-corrected chi connectivity index (χ4v) is 5.01. The van der Waals surface area contributed by atoms with Crippen LogP contribution in [0.25, 0.3) is 0 Å². The maximum atomic E-state index is 12.7. The molecule has 124 valence electrons. The van der Waals surface area contributed by atoms with Crippen molar-refractivity contribution in [3.05, 3.63) is 28.3 Å². The monoisotopic (exact) mass is 325 g/mol. The van der Waals surface area contributed by atoms with Crippen molar-refractivity contribution < 1.29 is 13.3 Å². The molecule has 1 aliphatic heterocycles. The summed E-state index contributed by atoms with van der Waals surface area (Å²) in [5, 5.41) is 0. The number of likely N-dealkylation sites (tertiary alicyclic amines) is 1. The SMILES string of the molecule is Cc1cc(C)c(C)c(S(=O)(=O)NCCC[NH+]2CCCC2)c1C. The molecule has 0 saturated carbocycles. The highest BCUT2D eigenvalue weighted by atomic mass is 32.2. The van der Waals surface area contributed by atoms with Crippen LogP contribution in [-0.4, -0.2) is 34.6 Å². The van der Waals surface area contributed by atoms with Crippen LogP contribution in [0.5, 0.6) is 0 Å². The largest absolute Gasteiger partial charge is 0.335 e. The van der Waals surface area contributed by atoms with Crippen LogP contribution in [-0.2, 0) is 10.0 Å². The molecule has 1 heterocycles. The van der Waals surface area contributed by atoms with Crippen molar-refractivity contribution in [2.24, 2.45) is 0 Å². The van der Waals surface area contributed by atoms with E-state index in [1.807, 2.05) is 27.7 Å². The molecule has 0 aromatic heterocycles. The number of hydrogen-bond acceptors (Lipinski definition) is 2. The first-order chi connectivity index (χ1) is 10.3. The minimum atomic E-state index is -3.42. The molecule has 0 atom stereocenters. The van der Waals surface area contributed by atoms with Gasteiger partial charge in [-0.3, -0.25) is 0 Å².